The summed E-state index contributed by atoms with van der Waals surface area (Å²) in [4.78, 5) is 17.2. The summed E-state index contributed by atoms with van der Waals surface area (Å²) in [6, 6.07) is 12.1. The molecule has 3 heterocycles. The normalized spacial score (nSPS) is 25.9. The highest BCUT2D eigenvalue weighted by Gasteiger charge is 2.38. The number of carbonyl (C=O) groups excluding carboxylic acids is 1. The Bertz CT molecular complexity index is 655. The van der Waals surface area contributed by atoms with Crippen molar-refractivity contribution in [3.63, 3.8) is 0 Å². The quantitative estimate of drug-likeness (QED) is 0.947. The molecule has 1 aromatic heterocycles. The molecule has 0 spiro atoms. The van der Waals surface area contributed by atoms with Gasteiger partial charge >= 0.3 is 0 Å². The number of rotatable bonds is 3. The molecule has 0 bridgehead atoms. The standard InChI is InChI=1S/C18H22N4O/c23-18-17(9-12-22(18)15-6-2-1-3-7-15)21-11-4-5-14(13-21)16-8-10-19-20-16/h1-3,6-8,10,14,17H,4-5,9,11-13H2,(H,19,20)/t14-,17+/m1/s1. The first kappa shape index (κ1) is 14.5. The number of nitrogens with zero attached hydrogens (tertiary/aromatic N) is 3. The maximum absolute atomic E-state index is 12.9. The van der Waals surface area contributed by atoms with E-state index in [2.05, 4.69) is 21.2 Å². The smallest absolute Gasteiger partial charge is 0.244 e. The Balaban J connectivity index is 1.47. The summed E-state index contributed by atoms with van der Waals surface area (Å²) in [7, 11) is 0. The topological polar surface area (TPSA) is 52.2 Å². The highest BCUT2D eigenvalue weighted by molar-refractivity contribution is 5.99. The van der Waals surface area contributed by atoms with Crippen molar-refractivity contribution in [2.45, 2.75) is 31.2 Å². The Morgan fingerprint density at radius 3 is 2.74 bits per heavy atom. The minimum absolute atomic E-state index is 0.0286. The van der Waals surface area contributed by atoms with Gasteiger partial charge < -0.3 is 4.90 Å². The molecule has 2 aliphatic heterocycles. The van der Waals surface area contributed by atoms with Gasteiger partial charge in [0.05, 0.1) is 6.04 Å². The minimum atomic E-state index is 0.0286. The third kappa shape index (κ3) is 2.77. The van der Waals surface area contributed by atoms with Crippen molar-refractivity contribution in [3.05, 3.63) is 48.3 Å². The van der Waals surface area contributed by atoms with Crippen LogP contribution in [0.15, 0.2) is 42.6 Å². The molecule has 2 fully saturated rings. The molecule has 1 aromatic carbocycles. The van der Waals surface area contributed by atoms with Crippen LogP contribution in [0.4, 0.5) is 5.69 Å². The maximum Gasteiger partial charge on any atom is 0.244 e. The molecular weight excluding hydrogens is 288 g/mol. The summed E-state index contributed by atoms with van der Waals surface area (Å²) in [5.41, 5.74) is 2.21. The Hall–Kier alpha value is -2.14. The van der Waals surface area contributed by atoms with Gasteiger partial charge in [0.1, 0.15) is 0 Å². The number of benzene rings is 1. The first-order valence-electron chi connectivity index (χ1n) is 8.42. The number of aromatic nitrogens is 2. The minimum Gasteiger partial charge on any atom is -0.311 e. The Morgan fingerprint density at radius 2 is 1.96 bits per heavy atom. The Labute approximate surface area is 136 Å². The lowest BCUT2D eigenvalue weighted by atomic mass is 9.93. The van der Waals surface area contributed by atoms with E-state index in [0.717, 1.165) is 38.2 Å². The van der Waals surface area contributed by atoms with E-state index in [4.69, 9.17) is 0 Å². The second-order valence-electron chi connectivity index (χ2n) is 6.48. The Morgan fingerprint density at radius 1 is 1.09 bits per heavy atom. The summed E-state index contributed by atoms with van der Waals surface area (Å²) in [5, 5.41) is 7.16. The number of nitrogens with one attached hydrogen (secondary N) is 1. The van der Waals surface area contributed by atoms with Crippen molar-refractivity contribution < 1.29 is 4.79 Å². The second-order valence-corrected chi connectivity index (χ2v) is 6.48. The van der Waals surface area contributed by atoms with E-state index in [-0.39, 0.29) is 11.9 Å². The average molecular weight is 310 g/mol. The largest absolute Gasteiger partial charge is 0.311 e. The molecule has 4 rings (SSSR count). The molecule has 5 heteroatoms. The van der Waals surface area contributed by atoms with Crippen molar-refractivity contribution in [3.8, 4) is 0 Å². The first-order chi connectivity index (χ1) is 11.3. The average Bonchev–Trinajstić information content (AvgIpc) is 3.26. The zero-order valence-electron chi connectivity index (χ0n) is 13.2. The van der Waals surface area contributed by atoms with Crippen molar-refractivity contribution in [1.29, 1.82) is 0 Å². The maximum atomic E-state index is 12.9. The van der Waals surface area contributed by atoms with E-state index in [0.29, 0.717) is 5.92 Å². The zero-order valence-corrected chi connectivity index (χ0v) is 13.2. The fraction of sp³-hybridized carbons (Fsp3) is 0.444. The van der Waals surface area contributed by atoms with Crippen LogP contribution in [0.1, 0.15) is 30.9 Å². The molecule has 0 aliphatic carbocycles. The van der Waals surface area contributed by atoms with Gasteiger partial charge in [-0.25, -0.2) is 0 Å². The monoisotopic (exact) mass is 310 g/mol. The first-order valence-corrected chi connectivity index (χ1v) is 8.42. The van der Waals surface area contributed by atoms with Crippen LogP contribution in [-0.2, 0) is 4.79 Å². The van der Waals surface area contributed by atoms with Gasteiger partial charge in [0.15, 0.2) is 0 Å². The molecule has 2 aliphatic rings. The Kier molecular flexibility index (Phi) is 3.87. The van der Waals surface area contributed by atoms with E-state index >= 15 is 0 Å². The van der Waals surface area contributed by atoms with Gasteiger partial charge in [-0.05, 0) is 44.0 Å². The molecule has 2 aromatic rings. The van der Waals surface area contributed by atoms with Gasteiger partial charge in [0, 0.05) is 36.6 Å². The predicted octanol–water partition coefficient (Wildman–Crippen LogP) is 2.39. The summed E-state index contributed by atoms with van der Waals surface area (Å²) in [6.07, 6.45) is 5.04. The van der Waals surface area contributed by atoms with Gasteiger partial charge in [0.25, 0.3) is 0 Å². The van der Waals surface area contributed by atoms with Crippen LogP contribution >= 0.6 is 0 Å². The summed E-state index contributed by atoms with van der Waals surface area (Å²) < 4.78 is 0. The lowest BCUT2D eigenvalue weighted by Gasteiger charge is -2.35. The molecule has 0 unspecified atom stereocenters. The van der Waals surface area contributed by atoms with Crippen LogP contribution in [0, 0.1) is 0 Å². The number of anilines is 1. The lowest BCUT2D eigenvalue weighted by Crippen LogP contribution is -2.46. The van der Waals surface area contributed by atoms with Gasteiger partial charge in [-0.1, -0.05) is 18.2 Å². The van der Waals surface area contributed by atoms with Crippen LogP contribution in [0.25, 0.3) is 0 Å². The molecular formula is C18H22N4O. The molecule has 0 radical (unpaired) electrons. The van der Waals surface area contributed by atoms with Crippen molar-refractivity contribution in [1.82, 2.24) is 15.1 Å². The molecule has 1 amide bonds. The van der Waals surface area contributed by atoms with Crippen LogP contribution in [0.3, 0.4) is 0 Å². The lowest BCUT2D eigenvalue weighted by molar-refractivity contribution is -0.122. The molecule has 1 N–H and O–H groups in total. The van der Waals surface area contributed by atoms with Gasteiger partial charge in [0.2, 0.25) is 5.91 Å². The number of likely N-dealkylation sites (tertiary alicyclic amines) is 1. The highest BCUT2D eigenvalue weighted by atomic mass is 16.2. The summed E-state index contributed by atoms with van der Waals surface area (Å²) >= 11 is 0. The number of piperidine rings is 1. The molecule has 23 heavy (non-hydrogen) atoms. The number of carbonyl (C=O) groups is 1. The van der Waals surface area contributed by atoms with Crippen LogP contribution in [0.2, 0.25) is 0 Å². The number of hydrogen-bond acceptors (Lipinski definition) is 3. The van der Waals surface area contributed by atoms with E-state index in [1.807, 2.05) is 41.4 Å². The molecule has 5 nitrogen and oxygen atoms in total. The number of H-pyrrole nitrogens is 1. The molecule has 2 atom stereocenters. The van der Waals surface area contributed by atoms with Gasteiger partial charge in [-0.2, -0.15) is 5.10 Å². The third-order valence-electron chi connectivity index (χ3n) is 5.10. The van der Waals surface area contributed by atoms with Crippen molar-refractivity contribution in [2.75, 3.05) is 24.5 Å². The third-order valence-corrected chi connectivity index (χ3v) is 5.10. The van der Waals surface area contributed by atoms with Gasteiger partial charge in [-0.3, -0.25) is 14.8 Å². The molecule has 120 valence electrons. The van der Waals surface area contributed by atoms with E-state index < -0.39 is 0 Å². The van der Waals surface area contributed by atoms with Crippen molar-refractivity contribution >= 4 is 11.6 Å². The molecule has 2 saturated heterocycles. The molecule has 0 saturated carbocycles. The van der Waals surface area contributed by atoms with E-state index in [1.54, 1.807) is 0 Å². The number of amides is 1. The van der Waals surface area contributed by atoms with Crippen molar-refractivity contribution in [2.24, 2.45) is 0 Å². The van der Waals surface area contributed by atoms with E-state index in [1.165, 1.54) is 12.1 Å². The zero-order chi connectivity index (χ0) is 15.6. The fourth-order valence-electron chi connectivity index (χ4n) is 3.91. The second kappa shape index (κ2) is 6.16. The van der Waals surface area contributed by atoms with E-state index in [9.17, 15) is 4.79 Å². The number of para-hydroxylation sites is 1. The van der Waals surface area contributed by atoms with Gasteiger partial charge in [-0.15, -0.1) is 0 Å². The summed E-state index contributed by atoms with van der Waals surface area (Å²) in [5.74, 6) is 0.714. The highest BCUT2D eigenvalue weighted by Crippen LogP contribution is 2.30. The van der Waals surface area contributed by atoms with Crippen LogP contribution in [0.5, 0.6) is 0 Å². The predicted molar refractivity (Wildman–Crippen MR) is 89.3 cm³/mol. The number of aromatic amines is 1. The summed E-state index contributed by atoms with van der Waals surface area (Å²) in [6.45, 7) is 2.78. The number of hydrogen-bond donors (Lipinski definition) is 1. The fourth-order valence-corrected chi connectivity index (χ4v) is 3.91. The SMILES string of the molecule is O=C1[C@@H](N2CCC[C@@H](c3ccn[nH]3)C2)CCN1c1ccccc1. The van der Waals surface area contributed by atoms with Crippen LogP contribution in [-0.4, -0.2) is 46.7 Å². The van der Waals surface area contributed by atoms with Crippen LogP contribution < -0.4 is 4.90 Å².